The number of benzene rings is 2. The van der Waals surface area contributed by atoms with Gasteiger partial charge in [0, 0.05) is 19.6 Å². The molecular formula is C18H20N2O3S. The van der Waals surface area contributed by atoms with Gasteiger partial charge < -0.3 is 4.90 Å². The first-order valence-electron chi connectivity index (χ1n) is 7.88. The van der Waals surface area contributed by atoms with Crippen LogP contribution in [0.25, 0.3) is 0 Å². The van der Waals surface area contributed by atoms with E-state index in [1.54, 1.807) is 17.0 Å². The minimum atomic E-state index is -3.48. The molecule has 0 N–H and O–H groups in total. The van der Waals surface area contributed by atoms with Crippen LogP contribution < -0.4 is 0 Å². The largest absolute Gasteiger partial charge is 0.336 e. The van der Waals surface area contributed by atoms with Crippen molar-refractivity contribution in [2.45, 2.75) is 12.3 Å². The van der Waals surface area contributed by atoms with Crippen LogP contribution in [0.5, 0.6) is 0 Å². The van der Waals surface area contributed by atoms with Crippen LogP contribution >= 0.6 is 0 Å². The number of piperazine rings is 1. The summed E-state index contributed by atoms with van der Waals surface area (Å²) in [7, 11) is -3.48. The van der Waals surface area contributed by atoms with E-state index >= 15 is 0 Å². The van der Waals surface area contributed by atoms with Crippen molar-refractivity contribution in [1.29, 1.82) is 0 Å². The fourth-order valence-corrected chi connectivity index (χ4v) is 4.23. The molecule has 2 aromatic carbocycles. The molecule has 1 heterocycles. The highest BCUT2D eigenvalue weighted by atomic mass is 32.2. The highest BCUT2D eigenvalue weighted by molar-refractivity contribution is 7.88. The maximum absolute atomic E-state index is 12.5. The summed E-state index contributed by atoms with van der Waals surface area (Å²) in [4.78, 5) is 14.0. The molecule has 1 fully saturated rings. The molecule has 0 spiro atoms. The Hall–Kier alpha value is -2.18. The first-order chi connectivity index (χ1) is 11.5. The first kappa shape index (κ1) is 16.7. The van der Waals surface area contributed by atoms with E-state index in [0.29, 0.717) is 19.6 Å². The maximum Gasteiger partial charge on any atom is 0.238 e. The molecule has 2 aromatic rings. The van der Waals surface area contributed by atoms with Gasteiger partial charge in [-0.2, -0.15) is 4.31 Å². The standard InChI is InChI=1S/C18H20N2O3S/c21-18-14-20(24(22,23)15-17-9-5-2-6-10-17)12-11-19(18)13-16-7-3-1-4-8-16/h1-10H,11-15H2. The van der Waals surface area contributed by atoms with Crippen LogP contribution in [0.1, 0.15) is 11.1 Å². The monoisotopic (exact) mass is 344 g/mol. The van der Waals surface area contributed by atoms with E-state index in [2.05, 4.69) is 0 Å². The minimum Gasteiger partial charge on any atom is -0.336 e. The lowest BCUT2D eigenvalue weighted by molar-refractivity contribution is -0.134. The summed E-state index contributed by atoms with van der Waals surface area (Å²) in [6, 6.07) is 18.8. The Balaban J connectivity index is 1.63. The summed E-state index contributed by atoms with van der Waals surface area (Å²) in [6.07, 6.45) is 0. The van der Waals surface area contributed by atoms with E-state index in [4.69, 9.17) is 0 Å². The van der Waals surface area contributed by atoms with Gasteiger partial charge in [-0.25, -0.2) is 8.42 Å². The summed E-state index contributed by atoms with van der Waals surface area (Å²) >= 11 is 0. The van der Waals surface area contributed by atoms with Gasteiger partial charge >= 0.3 is 0 Å². The van der Waals surface area contributed by atoms with Crippen molar-refractivity contribution in [3.8, 4) is 0 Å². The number of nitrogens with zero attached hydrogens (tertiary/aromatic N) is 2. The van der Waals surface area contributed by atoms with Crippen LogP contribution in [0.2, 0.25) is 0 Å². The first-order valence-corrected chi connectivity index (χ1v) is 9.49. The van der Waals surface area contributed by atoms with Gasteiger partial charge in [0.1, 0.15) is 0 Å². The van der Waals surface area contributed by atoms with Crippen molar-refractivity contribution in [3.05, 3.63) is 71.8 Å². The number of carbonyl (C=O) groups excluding carboxylic acids is 1. The quantitative estimate of drug-likeness (QED) is 0.832. The fraction of sp³-hybridized carbons (Fsp3) is 0.278. The van der Waals surface area contributed by atoms with Crippen molar-refractivity contribution in [2.24, 2.45) is 0 Å². The molecule has 0 bridgehead atoms. The minimum absolute atomic E-state index is 0.0696. The third-order valence-electron chi connectivity index (χ3n) is 4.09. The molecular weight excluding hydrogens is 324 g/mol. The highest BCUT2D eigenvalue weighted by Gasteiger charge is 2.31. The highest BCUT2D eigenvalue weighted by Crippen LogP contribution is 2.16. The van der Waals surface area contributed by atoms with Gasteiger partial charge in [0.25, 0.3) is 0 Å². The lowest BCUT2D eigenvalue weighted by Crippen LogP contribution is -2.51. The predicted molar refractivity (Wildman–Crippen MR) is 92.5 cm³/mol. The Kier molecular flexibility index (Phi) is 4.97. The predicted octanol–water partition coefficient (Wildman–Crippen LogP) is 1.86. The molecule has 24 heavy (non-hydrogen) atoms. The van der Waals surface area contributed by atoms with Crippen LogP contribution in [-0.2, 0) is 27.1 Å². The van der Waals surface area contributed by atoms with Gasteiger partial charge in [-0.05, 0) is 11.1 Å². The van der Waals surface area contributed by atoms with Crippen LogP contribution in [-0.4, -0.2) is 43.2 Å². The zero-order valence-corrected chi connectivity index (χ0v) is 14.2. The van der Waals surface area contributed by atoms with E-state index < -0.39 is 10.0 Å². The van der Waals surface area contributed by atoms with Crippen molar-refractivity contribution >= 4 is 15.9 Å². The van der Waals surface area contributed by atoms with Gasteiger partial charge in [0.05, 0.1) is 12.3 Å². The molecule has 0 unspecified atom stereocenters. The van der Waals surface area contributed by atoms with E-state index in [1.807, 2.05) is 48.5 Å². The van der Waals surface area contributed by atoms with E-state index in [1.165, 1.54) is 4.31 Å². The molecule has 0 radical (unpaired) electrons. The molecule has 5 nitrogen and oxygen atoms in total. The Labute approximate surface area is 142 Å². The van der Waals surface area contributed by atoms with E-state index in [0.717, 1.165) is 11.1 Å². The smallest absolute Gasteiger partial charge is 0.238 e. The third kappa shape index (κ3) is 4.01. The maximum atomic E-state index is 12.5. The second-order valence-electron chi connectivity index (χ2n) is 5.88. The normalized spacial score (nSPS) is 16.3. The molecule has 0 aliphatic carbocycles. The summed E-state index contributed by atoms with van der Waals surface area (Å²) in [6.45, 7) is 1.20. The second kappa shape index (κ2) is 7.15. The molecule has 0 atom stereocenters. The Bertz CT molecular complexity index is 792. The number of hydrogen-bond donors (Lipinski definition) is 0. The number of amides is 1. The molecule has 0 saturated carbocycles. The molecule has 126 valence electrons. The SMILES string of the molecule is O=C1CN(S(=O)(=O)Cc2ccccc2)CCN1Cc1ccccc1. The van der Waals surface area contributed by atoms with Crippen molar-refractivity contribution < 1.29 is 13.2 Å². The Morgan fingerprint density at radius 2 is 1.42 bits per heavy atom. The van der Waals surface area contributed by atoms with Crippen molar-refractivity contribution in [3.63, 3.8) is 0 Å². The number of sulfonamides is 1. The molecule has 1 amide bonds. The fourth-order valence-electron chi connectivity index (χ4n) is 2.77. The van der Waals surface area contributed by atoms with Gasteiger partial charge in [0.15, 0.2) is 0 Å². The third-order valence-corrected chi connectivity index (χ3v) is 5.88. The number of rotatable bonds is 5. The van der Waals surface area contributed by atoms with Crippen molar-refractivity contribution in [2.75, 3.05) is 19.6 Å². The average molecular weight is 344 g/mol. The summed E-state index contributed by atoms with van der Waals surface area (Å²) < 4.78 is 26.3. The Morgan fingerprint density at radius 3 is 2.00 bits per heavy atom. The topological polar surface area (TPSA) is 57.7 Å². The van der Waals surface area contributed by atoms with Crippen LogP contribution in [0, 0.1) is 0 Å². The zero-order valence-electron chi connectivity index (χ0n) is 13.3. The number of hydrogen-bond acceptors (Lipinski definition) is 3. The van der Waals surface area contributed by atoms with Gasteiger partial charge in [-0.15, -0.1) is 0 Å². The molecule has 3 rings (SSSR count). The summed E-state index contributed by atoms with van der Waals surface area (Å²) in [5.74, 6) is -0.221. The summed E-state index contributed by atoms with van der Waals surface area (Å²) in [5, 5.41) is 0. The van der Waals surface area contributed by atoms with Gasteiger partial charge in [-0.1, -0.05) is 60.7 Å². The lowest BCUT2D eigenvalue weighted by atomic mass is 10.2. The van der Waals surface area contributed by atoms with E-state index in [-0.39, 0.29) is 18.2 Å². The lowest BCUT2D eigenvalue weighted by Gasteiger charge is -2.33. The Morgan fingerprint density at radius 1 is 0.833 bits per heavy atom. The zero-order chi connectivity index (χ0) is 17.0. The van der Waals surface area contributed by atoms with Crippen LogP contribution in [0.4, 0.5) is 0 Å². The average Bonchev–Trinajstić information content (AvgIpc) is 2.58. The van der Waals surface area contributed by atoms with Gasteiger partial charge in [0.2, 0.25) is 15.9 Å². The molecule has 1 aliphatic heterocycles. The van der Waals surface area contributed by atoms with Crippen LogP contribution in [0.15, 0.2) is 60.7 Å². The van der Waals surface area contributed by atoms with Crippen LogP contribution in [0.3, 0.4) is 0 Å². The summed E-state index contributed by atoms with van der Waals surface area (Å²) in [5.41, 5.74) is 1.78. The second-order valence-corrected chi connectivity index (χ2v) is 7.85. The van der Waals surface area contributed by atoms with E-state index in [9.17, 15) is 13.2 Å². The molecule has 1 aliphatic rings. The molecule has 6 heteroatoms. The van der Waals surface area contributed by atoms with Crippen molar-refractivity contribution in [1.82, 2.24) is 9.21 Å². The number of carbonyl (C=O) groups is 1. The molecule has 1 saturated heterocycles. The van der Waals surface area contributed by atoms with Gasteiger partial charge in [-0.3, -0.25) is 4.79 Å². The molecule has 0 aromatic heterocycles.